The van der Waals surface area contributed by atoms with Crippen LogP contribution in [0.4, 0.5) is 4.39 Å². The largest absolute Gasteiger partial charge is 0.414 e. The van der Waals surface area contributed by atoms with Crippen molar-refractivity contribution in [1.29, 1.82) is 0 Å². The van der Waals surface area contributed by atoms with Crippen molar-refractivity contribution < 1.29 is 13.6 Å². The van der Waals surface area contributed by atoms with Gasteiger partial charge in [-0.1, -0.05) is 26.8 Å². The second-order valence-corrected chi connectivity index (χ2v) is 11.6. The molecule has 0 spiro atoms. The lowest BCUT2D eigenvalue weighted by molar-refractivity contribution is 0.0944. The van der Waals surface area contributed by atoms with Crippen LogP contribution >= 0.6 is 0 Å². The van der Waals surface area contributed by atoms with E-state index in [0.29, 0.717) is 17.7 Å². The van der Waals surface area contributed by atoms with Gasteiger partial charge < -0.3 is 9.74 Å². The second kappa shape index (κ2) is 4.97. The van der Waals surface area contributed by atoms with Gasteiger partial charge in [0.05, 0.1) is 12.6 Å². The molecule has 1 amide bonds. The van der Waals surface area contributed by atoms with E-state index in [-0.39, 0.29) is 22.8 Å². The predicted octanol–water partition coefficient (Wildman–Crippen LogP) is 3.63. The minimum atomic E-state index is -1.91. The summed E-state index contributed by atoms with van der Waals surface area (Å²) in [5.41, 5.74) is 0.866. The van der Waals surface area contributed by atoms with Crippen LogP contribution in [0.5, 0.6) is 0 Å². The molecule has 0 saturated carbocycles. The zero-order valence-corrected chi connectivity index (χ0v) is 13.7. The van der Waals surface area contributed by atoms with Gasteiger partial charge in [0.1, 0.15) is 5.82 Å². The topological polar surface area (TPSA) is 38.3 Å². The van der Waals surface area contributed by atoms with Crippen LogP contribution in [-0.2, 0) is 4.43 Å². The fraction of sp³-hybridized carbons (Fsp3) is 0.533. The van der Waals surface area contributed by atoms with Gasteiger partial charge in [0.15, 0.2) is 8.32 Å². The Balaban J connectivity index is 2.17. The first-order valence-corrected chi connectivity index (χ1v) is 9.77. The standard InChI is InChI=1S/C15H22FNO2Si/c1-15(2,3)20(4,5)19-9-12-13-10(14(18)17-12)7-6-8-11(13)16/h6-8,12H,9H2,1-5H3,(H,17,18). The molecule has 3 nitrogen and oxygen atoms in total. The van der Waals surface area contributed by atoms with Gasteiger partial charge in [-0.05, 0) is 30.3 Å². The predicted molar refractivity (Wildman–Crippen MR) is 79.8 cm³/mol. The third-order valence-electron chi connectivity index (χ3n) is 4.37. The molecule has 1 aromatic rings. The summed E-state index contributed by atoms with van der Waals surface area (Å²) in [5.74, 6) is -0.562. The quantitative estimate of drug-likeness (QED) is 0.865. The van der Waals surface area contributed by atoms with Crippen molar-refractivity contribution in [3.63, 3.8) is 0 Å². The van der Waals surface area contributed by atoms with E-state index in [2.05, 4.69) is 39.2 Å². The number of carbonyl (C=O) groups is 1. The molecule has 0 fully saturated rings. The van der Waals surface area contributed by atoms with Gasteiger partial charge in [0.2, 0.25) is 0 Å². The number of halogens is 1. The van der Waals surface area contributed by atoms with E-state index >= 15 is 0 Å². The van der Waals surface area contributed by atoms with E-state index in [1.165, 1.54) is 6.07 Å². The molecule has 5 heteroatoms. The lowest BCUT2D eigenvalue weighted by Gasteiger charge is -2.37. The first kappa shape index (κ1) is 15.2. The number of amides is 1. The van der Waals surface area contributed by atoms with E-state index in [9.17, 15) is 9.18 Å². The number of nitrogens with one attached hydrogen (secondary N) is 1. The molecule has 110 valence electrons. The van der Waals surface area contributed by atoms with Crippen LogP contribution in [0, 0.1) is 5.82 Å². The third kappa shape index (κ3) is 2.65. The first-order valence-electron chi connectivity index (χ1n) is 6.87. The van der Waals surface area contributed by atoms with Gasteiger partial charge >= 0.3 is 0 Å². The van der Waals surface area contributed by atoms with E-state index in [1.54, 1.807) is 12.1 Å². The van der Waals surface area contributed by atoms with Crippen LogP contribution in [0.1, 0.15) is 42.7 Å². The maximum absolute atomic E-state index is 13.9. The SMILES string of the molecule is CC(C)(C)[Si](C)(C)OCC1NC(=O)c2cccc(F)c21. The van der Waals surface area contributed by atoms with Gasteiger partial charge in [-0.3, -0.25) is 4.79 Å². The van der Waals surface area contributed by atoms with Gasteiger partial charge in [-0.25, -0.2) is 4.39 Å². The van der Waals surface area contributed by atoms with Crippen molar-refractivity contribution in [3.8, 4) is 0 Å². The van der Waals surface area contributed by atoms with E-state index < -0.39 is 8.32 Å². The number of hydrogen-bond acceptors (Lipinski definition) is 2. The average molecular weight is 295 g/mol. The highest BCUT2D eigenvalue weighted by atomic mass is 28.4. The zero-order chi connectivity index (χ0) is 15.1. The molecule has 1 aromatic carbocycles. The summed E-state index contributed by atoms with van der Waals surface area (Å²) in [6.45, 7) is 11.1. The van der Waals surface area contributed by atoms with Gasteiger partial charge in [-0.2, -0.15) is 0 Å². The molecule has 1 aliphatic rings. The highest BCUT2D eigenvalue weighted by Gasteiger charge is 2.39. The van der Waals surface area contributed by atoms with Crippen LogP contribution < -0.4 is 5.32 Å². The number of fused-ring (bicyclic) bond motifs is 1. The smallest absolute Gasteiger partial charge is 0.252 e. The van der Waals surface area contributed by atoms with Gasteiger partial charge in [-0.15, -0.1) is 0 Å². The molecule has 1 unspecified atom stereocenters. The van der Waals surface area contributed by atoms with Gasteiger partial charge in [0, 0.05) is 11.1 Å². The lowest BCUT2D eigenvalue weighted by Crippen LogP contribution is -2.42. The molecule has 1 aliphatic heterocycles. The molecule has 1 N–H and O–H groups in total. The van der Waals surface area contributed by atoms with Crippen molar-refractivity contribution in [1.82, 2.24) is 5.32 Å². The van der Waals surface area contributed by atoms with Crippen molar-refractivity contribution in [2.24, 2.45) is 0 Å². The van der Waals surface area contributed by atoms with E-state index in [0.717, 1.165) is 0 Å². The summed E-state index contributed by atoms with van der Waals surface area (Å²) < 4.78 is 20.0. The molecule has 0 aromatic heterocycles. The normalized spacial score (nSPS) is 18.9. The van der Waals surface area contributed by atoms with Crippen LogP contribution in [0.25, 0.3) is 0 Å². The summed E-state index contributed by atoms with van der Waals surface area (Å²) in [7, 11) is -1.91. The Hall–Kier alpha value is -1.20. The summed E-state index contributed by atoms with van der Waals surface area (Å²) in [6, 6.07) is 4.22. The minimum Gasteiger partial charge on any atom is -0.414 e. The Labute approximate surface area is 120 Å². The number of hydrogen-bond donors (Lipinski definition) is 1. The molecule has 0 bridgehead atoms. The molecule has 0 radical (unpaired) electrons. The van der Waals surface area contributed by atoms with Crippen molar-refractivity contribution in [3.05, 3.63) is 35.1 Å². The van der Waals surface area contributed by atoms with Crippen LogP contribution in [-0.4, -0.2) is 20.8 Å². The fourth-order valence-corrected chi connectivity index (χ4v) is 3.05. The Morgan fingerprint density at radius 2 is 2.00 bits per heavy atom. The monoisotopic (exact) mass is 295 g/mol. The molecule has 0 aliphatic carbocycles. The highest BCUT2D eigenvalue weighted by molar-refractivity contribution is 6.74. The molecular weight excluding hydrogens is 273 g/mol. The molecule has 1 atom stereocenters. The second-order valence-electron chi connectivity index (χ2n) is 6.80. The molecule has 0 saturated heterocycles. The summed E-state index contributed by atoms with van der Waals surface area (Å²) in [5, 5.41) is 2.89. The Kier molecular flexibility index (Phi) is 3.77. The van der Waals surface area contributed by atoms with E-state index in [4.69, 9.17) is 4.43 Å². The summed E-state index contributed by atoms with van der Waals surface area (Å²) in [6.07, 6.45) is 0. The highest BCUT2D eigenvalue weighted by Crippen LogP contribution is 2.38. The minimum absolute atomic E-state index is 0.0909. The number of benzene rings is 1. The van der Waals surface area contributed by atoms with Crippen molar-refractivity contribution in [2.45, 2.75) is 44.9 Å². The van der Waals surface area contributed by atoms with Crippen LogP contribution in [0.15, 0.2) is 18.2 Å². The Bertz CT molecular complexity index is 537. The summed E-state index contributed by atoms with van der Waals surface area (Å²) >= 11 is 0. The van der Waals surface area contributed by atoms with Gasteiger partial charge in [0.25, 0.3) is 5.91 Å². The Morgan fingerprint density at radius 1 is 1.35 bits per heavy atom. The fourth-order valence-electron chi connectivity index (χ4n) is 2.03. The molecule has 1 heterocycles. The number of rotatable bonds is 3. The van der Waals surface area contributed by atoms with Crippen molar-refractivity contribution in [2.75, 3.05) is 6.61 Å². The molecule has 20 heavy (non-hydrogen) atoms. The third-order valence-corrected chi connectivity index (χ3v) is 8.87. The zero-order valence-electron chi connectivity index (χ0n) is 12.7. The maximum atomic E-state index is 13.9. The van der Waals surface area contributed by atoms with Crippen molar-refractivity contribution >= 4 is 14.2 Å². The molecule has 2 rings (SSSR count). The number of carbonyl (C=O) groups excluding carboxylic acids is 1. The van der Waals surface area contributed by atoms with Crippen LogP contribution in [0.2, 0.25) is 18.1 Å². The first-order chi connectivity index (χ1) is 9.13. The summed E-state index contributed by atoms with van der Waals surface area (Å²) in [4.78, 5) is 11.8. The Morgan fingerprint density at radius 3 is 2.60 bits per heavy atom. The lowest BCUT2D eigenvalue weighted by atomic mass is 10.0. The van der Waals surface area contributed by atoms with E-state index in [1.807, 2.05) is 0 Å². The molecular formula is C15H22FNO2Si. The van der Waals surface area contributed by atoms with Crippen LogP contribution in [0.3, 0.4) is 0 Å². The maximum Gasteiger partial charge on any atom is 0.252 e. The average Bonchev–Trinajstić information content (AvgIpc) is 2.64.